The molecule has 2 aliphatic rings. The zero-order chi connectivity index (χ0) is 16.5. The van der Waals surface area contributed by atoms with Crippen LogP contribution in [0.2, 0.25) is 0 Å². The van der Waals surface area contributed by atoms with Crippen LogP contribution in [0.15, 0.2) is 35.0 Å². The van der Waals surface area contributed by atoms with Crippen LogP contribution in [0.25, 0.3) is 11.6 Å². The zero-order valence-corrected chi connectivity index (χ0v) is 15.5. The number of carbonyl (C=O) groups is 1. The van der Waals surface area contributed by atoms with Crippen LogP contribution in [0.3, 0.4) is 0 Å². The Morgan fingerprint density at radius 2 is 2.04 bits per heavy atom. The van der Waals surface area contributed by atoms with E-state index in [0.717, 1.165) is 27.2 Å². The molecular formula is C20H23NOS2. The number of hydrogen-bond acceptors (Lipinski definition) is 3. The highest BCUT2D eigenvalue weighted by Crippen LogP contribution is 2.49. The summed E-state index contributed by atoms with van der Waals surface area (Å²) in [6.45, 7) is 2.19. The van der Waals surface area contributed by atoms with Gasteiger partial charge in [0.15, 0.2) is 0 Å². The number of thiophene rings is 2. The number of rotatable bonds is 5. The van der Waals surface area contributed by atoms with E-state index in [-0.39, 0.29) is 11.9 Å². The molecule has 0 aliphatic heterocycles. The first-order chi connectivity index (χ1) is 11.7. The van der Waals surface area contributed by atoms with Gasteiger partial charge in [0.1, 0.15) is 0 Å². The fourth-order valence-corrected chi connectivity index (χ4v) is 5.89. The first-order valence-corrected chi connectivity index (χ1v) is 10.6. The molecule has 2 aromatic rings. The Morgan fingerprint density at radius 3 is 2.67 bits per heavy atom. The number of hydrogen-bond donors (Lipinski definition) is 1. The molecule has 0 saturated heterocycles. The van der Waals surface area contributed by atoms with E-state index >= 15 is 0 Å². The van der Waals surface area contributed by atoms with Gasteiger partial charge < -0.3 is 5.32 Å². The third kappa shape index (κ3) is 3.22. The van der Waals surface area contributed by atoms with Crippen molar-refractivity contribution in [3.63, 3.8) is 0 Å². The van der Waals surface area contributed by atoms with E-state index in [1.54, 1.807) is 22.7 Å². The molecule has 4 rings (SSSR count). The third-order valence-corrected chi connectivity index (χ3v) is 7.38. The van der Waals surface area contributed by atoms with Crippen molar-refractivity contribution >= 4 is 40.2 Å². The van der Waals surface area contributed by atoms with E-state index in [1.807, 2.05) is 35.0 Å². The highest BCUT2D eigenvalue weighted by Gasteiger charge is 2.42. The van der Waals surface area contributed by atoms with Crippen LogP contribution in [-0.4, -0.2) is 11.9 Å². The van der Waals surface area contributed by atoms with Gasteiger partial charge in [-0.1, -0.05) is 18.6 Å². The largest absolute Gasteiger partial charge is 0.349 e. The Kier molecular flexibility index (Phi) is 4.59. The van der Waals surface area contributed by atoms with Crippen molar-refractivity contribution in [2.75, 3.05) is 0 Å². The van der Waals surface area contributed by atoms with E-state index in [4.69, 9.17) is 0 Å². The van der Waals surface area contributed by atoms with Gasteiger partial charge in [0.05, 0.1) is 5.57 Å². The van der Waals surface area contributed by atoms with Gasteiger partial charge in [-0.2, -0.15) is 0 Å². The van der Waals surface area contributed by atoms with Crippen molar-refractivity contribution in [2.45, 2.75) is 38.6 Å². The molecule has 0 spiro atoms. The van der Waals surface area contributed by atoms with Crippen LogP contribution in [0.4, 0.5) is 0 Å². The lowest BCUT2D eigenvalue weighted by molar-refractivity contribution is -0.116. The molecule has 2 bridgehead atoms. The van der Waals surface area contributed by atoms with Crippen molar-refractivity contribution < 1.29 is 4.79 Å². The Labute approximate surface area is 151 Å². The quantitative estimate of drug-likeness (QED) is 0.724. The lowest BCUT2D eigenvalue weighted by atomic mass is 9.84. The van der Waals surface area contributed by atoms with E-state index in [2.05, 4.69) is 18.3 Å². The first kappa shape index (κ1) is 16.1. The second kappa shape index (κ2) is 6.85. The maximum atomic E-state index is 13.0. The molecule has 126 valence electrons. The minimum atomic E-state index is 0.0705. The molecule has 1 amide bonds. The summed E-state index contributed by atoms with van der Waals surface area (Å²) in [4.78, 5) is 15.1. The summed E-state index contributed by atoms with van der Waals surface area (Å²) in [5.41, 5.74) is 0.794. The van der Waals surface area contributed by atoms with Crippen molar-refractivity contribution in [2.24, 2.45) is 17.8 Å². The molecule has 0 aromatic carbocycles. The summed E-state index contributed by atoms with van der Waals surface area (Å²) in [6, 6.07) is 8.39. The van der Waals surface area contributed by atoms with Crippen molar-refractivity contribution in [3.8, 4) is 0 Å². The van der Waals surface area contributed by atoms with Crippen molar-refractivity contribution in [1.29, 1.82) is 0 Å². The lowest BCUT2D eigenvalue weighted by Crippen LogP contribution is -2.40. The second-order valence-electron chi connectivity index (χ2n) is 7.15. The highest BCUT2D eigenvalue weighted by molar-refractivity contribution is 7.12. The van der Waals surface area contributed by atoms with Gasteiger partial charge in [-0.25, -0.2) is 0 Å². The summed E-state index contributed by atoms with van der Waals surface area (Å²) in [7, 11) is 0. The molecule has 0 radical (unpaired) electrons. The topological polar surface area (TPSA) is 29.1 Å². The molecule has 2 aromatic heterocycles. The molecule has 24 heavy (non-hydrogen) atoms. The van der Waals surface area contributed by atoms with Crippen LogP contribution in [0.5, 0.6) is 0 Å². The van der Waals surface area contributed by atoms with Gasteiger partial charge in [0, 0.05) is 15.8 Å². The van der Waals surface area contributed by atoms with Crippen molar-refractivity contribution in [1.82, 2.24) is 5.32 Å². The summed E-state index contributed by atoms with van der Waals surface area (Å²) >= 11 is 3.30. The molecule has 2 fully saturated rings. The fraction of sp³-hybridized carbons (Fsp3) is 0.450. The lowest BCUT2D eigenvalue weighted by Gasteiger charge is -2.28. The summed E-state index contributed by atoms with van der Waals surface area (Å²) < 4.78 is 0. The second-order valence-corrected chi connectivity index (χ2v) is 9.08. The summed E-state index contributed by atoms with van der Waals surface area (Å²) in [5, 5.41) is 7.39. The Hall–Kier alpha value is -1.39. The molecule has 2 aliphatic carbocycles. The maximum absolute atomic E-state index is 13.0. The normalized spacial score (nSPS) is 27.4. The van der Waals surface area contributed by atoms with Gasteiger partial charge in [0.25, 0.3) is 5.91 Å². The van der Waals surface area contributed by atoms with Crippen LogP contribution in [0.1, 0.15) is 42.4 Å². The molecular weight excluding hydrogens is 334 g/mol. The Morgan fingerprint density at radius 1 is 1.21 bits per heavy atom. The molecule has 4 atom stereocenters. The monoisotopic (exact) mass is 357 g/mol. The zero-order valence-electron chi connectivity index (χ0n) is 13.9. The standard InChI is InChI=1S/C20H23NOS2/c1-13(17-11-14-6-7-15(17)10-14)21-20(22)18(19-5-3-9-24-19)12-16-4-2-8-23-16/h2-5,8-9,12-15,17H,6-7,10-11H2,1H3,(H,21,22)/b18-12+/t13-,14-,15-,17+/m0/s1. The predicted molar refractivity (Wildman–Crippen MR) is 103 cm³/mol. The van der Waals surface area contributed by atoms with Gasteiger partial charge in [0.2, 0.25) is 0 Å². The van der Waals surface area contributed by atoms with Crippen LogP contribution in [-0.2, 0) is 4.79 Å². The van der Waals surface area contributed by atoms with E-state index in [0.29, 0.717) is 5.92 Å². The average molecular weight is 358 g/mol. The van der Waals surface area contributed by atoms with Crippen LogP contribution in [0, 0.1) is 17.8 Å². The summed E-state index contributed by atoms with van der Waals surface area (Å²) in [6.07, 6.45) is 7.47. The van der Waals surface area contributed by atoms with E-state index < -0.39 is 0 Å². The first-order valence-electron chi connectivity index (χ1n) is 8.80. The number of carbonyl (C=O) groups excluding carboxylic acids is 1. The highest BCUT2D eigenvalue weighted by atomic mass is 32.1. The fourth-order valence-electron chi connectivity index (χ4n) is 4.49. The molecule has 2 saturated carbocycles. The number of amides is 1. The number of fused-ring (bicyclic) bond motifs is 2. The van der Waals surface area contributed by atoms with E-state index in [1.165, 1.54) is 25.7 Å². The third-order valence-electron chi connectivity index (χ3n) is 5.65. The number of nitrogens with one attached hydrogen (secondary N) is 1. The Bertz CT molecular complexity index is 717. The van der Waals surface area contributed by atoms with Crippen LogP contribution < -0.4 is 5.32 Å². The van der Waals surface area contributed by atoms with Gasteiger partial charge in [-0.15, -0.1) is 22.7 Å². The predicted octanol–water partition coefficient (Wildman–Crippen LogP) is 5.29. The Balaban J connectivity index is 1.51. The molecule has 1 N–H and O–H groups in total. The molecule has 2 nitrogen and oxygen atoms in total. The SMILES string of the molecule is C[C@H](NC(=O)/C(=C/c1cccs1)c1cccs1)[C@H]1C[C@H]2CC[C@H]1C2. The molecule has 2 heterocycles. The van der Waals surface area contributed by atoms with Gasteiger partial charge in [-0.05, 0) is 72.9 Å². The van der Waals surface area contributed by atoms with E-state index in [9.17, 15) is 4.79 Å². The van der Waals surface area contributed by atoms with Crippen LogP contribution >= 0.6 is 22.7 Å². The molecule has 4 heteroatoms. The van der Waals surface area contributed by atoms with Gasteiger partial charge in [-0.3, -0.25) is 4.79 Å². The summed E-state index contributed by atoms with van der Waals surface area (Å²) in [5.74, 6) is 2.48. The average Bonchev–Trinajstić information content (AvgIpc) is 3.37. The van der Waals surface area contributed by atoms with Gasteiger partial charge >= 0.3 is 0 Å². The minimum Gasteiger partial charge on any atom is -0.349 e. The smallest absolute Gasteiger partial charge is 0.252 e. The van der Waals surface area contributed by atoms with Crippen molar-refractivity contribution in [3.05, 3.63) is 44.8 Å². The molecule has 0 unspecified atom stereocenters. The maximum Gasteiger partial charge on any atom is 0.252 e. The minimum absolute atomic E-state index is 0.0705.